The van der Waals surface area contributed by atoms with Gasteiger partial charge in [0.15, 0.2) is 0 Å². The van der Waals surface area contributed by atoms with Gasteiger partial charge < -0.3 is 0 Å². The molecule has 0 saturated carbocycles. The van der Waals surface area contributed by atoms with Crippen molar-refractivity contribution in [1.82, 2.24) is 4.90 Å². The zero-order chi connectivity index (χ0) is 15.9. The summed E-state index contributed by atoms with van der Waals surface area (Å²) in [6.07, 6.45) is 2.40. The maximum Gasteiger partial charge on any atom is 0.0601 e. The molecule has 0 aromatic heterocycles. The van der Waals surface area contributed by atoms with Gasteiger partial charge in [-0.2, -0.15) is 0 Å². The number of hydrogen-bond acceptors (Lipinski definition) is 1. The molecular formula is C19H23Cl2N. The van der Waals surface area contributed by atoms with Crippen LogP contribution in [-0.4, -0.2) is 18.0 Å². The Morgan fingerprint density at radius 3 is 1.64 bits per heavy atom. The molecule has 2 aromatic carbocycles. The van der Waals surface area contributed by atoms with Crippen LogP contribution >= 0.6 is 23.2 Å². The Hall–Kier alpha value is -1.02. The molecule has 0 aliphatic carbocycles. The summed E-state index contributed by atoms with van der Waals surface area (Å²) in [5, 5.41) is 1.55. The molecule has 0 aliphatic rings. The Labute approximate surface area is 143 Å². The number of halogens is 2. The van der Waals surface area contributed by atoms with Crippen LogP contribution in [0, 0.1) is 0 Å². The molecule has 0 fully saturated rings. The molecule has 0 heterocycles. The Morgan fingerprint density at radius 1 is 0.818 bits per heavy atom. The fourth-order valence-electron chi connectivity index (χ4n) is 2.74. The minimum Gasteiger partial charge on any atom is -0.293 e. The molecule has 0 amide bonds. The van der Waals surface area contributed by atoms with Crippen LogP contribution in [0.4, 0.5) is 0 Å². The van der Waals surface area contributed by atoms with Crippen LogP contribution < -0.4 is 0 Å². The number of nitrogens with zero attached hydrogens (tertiary/aromatic N) is 1. The zero-order valence-corrected chi connectivity index (χ0v) is 14.7. The van der Waals surface area contributed by atoms with Crippen LogP contribution in [0.3, 0.4) is 0 Å². The van der Waals surface area contributed by atoms with Crippen molar-refractivity contribution in [3.63, 3.8) is 0 Å². The minimum atomic E-state index is 0.242. The predicted molar refractivity (Wildman–Crippen MR) is 96.9 cm³/mol. The standard InChI is InChI=1S/C19H23Cl2N/c1-3-5-14-22(4-2)19(15-6-10-17(20)11-7-15)16-8-12-18(21)13-9-16/h6-13,19H,3-5,14H2,1-2H3. The van der Waals surface area contributed by atoms with E-state index >= 15 is 0 Å². The van der Waals surface area contributed by atoms with Gasteiger partial charge in [-0.25, -0.2) is 0 Å². The number of benzene rings is 2. The van der Waals surface area contributed by atoms with Crippen LogP contribution in [0.1, 0.15) is 43.9 Å². The number of hydrogen-bond donors (Lipinski definition) is 0. The van der Waals surface area contributed by atoms with Crippen molar-refractivity contribution in [1.29, 1.82) is 0 Å². The molecule has 0 radical (unpaired) electrons. The van der Waals surface area contributed by atoms with Gasteiger partial charge in [0, 0.05) is 10.0 Å². The van der Waals surface area contributed by atoms with Crippen molar-refractivity contribution in [3.05, 3.63) is 69.7 Å². The third-order valence-electron chi connectivity index (χ3n) is 3.94. The molecule has 0 N–H and O–H groups in total. The molecule has 1 nitrogen and oxygen atoms in total. The zero-order valence-electron chi connectivity index (χ0n) is 13.2. The number of rotatable bonds is 7. The summed E-state index contributed by atoms with van der Waals surface area (Å²) in [5.41, 5.74) is 2.54. The number of unbranched alkanes of at least 4 members (excludes halogenated alkanes) is 1. The molecule has 0 aliphatic heterocycles. The van der Waals surface area contributed by atoms with Gasteiger partial charge in [0.05, 0.1) is 6.04 Å². The molecule has 2 rings (SSSR count). The highest BCUT2D eigenvalue weighted by Crippen LogP contribution is 2.30. The van der Waals surface area contributed by atoms with E-state index in [0.717, 1.165) is 23.1 Å². The monoisotopic (exact) mass is 335 g/mol. The van der Waals surface area contributed by atoms with Gasteiger partial charge in [0.2, 0.25) is 0 Å². The fourth-order valence-corrected chi connectivity index (χ4v) is 2.99. The van der Waals surface area contributed by atoms with Crippen LogP contribution in [-0.2, 0) is 0 Å². The smallest absolute Gasteiger partial charge is 0.0601 e. The largest absolute Gasteiger partial charge is 0.293 e. The van der Waals surface area contributed by atoms with E-state index in [0.29, 0.717) is 0 Å². The van der Waals surface area contributed by atoms with Gasteiger partial charge in [0.1, 0.15) is 0 Å². The summed E-state index contributed by atoms with van der Waals surface area (Å²) in [6, 6.07) is 16.6. The second kappa shape index (κ2) is 8.57. The molecule has 22 heavy (non-hydrogen) atoms. The lowest BCUT2D eigenvalue weighted by atomic mass is 9.96. The van der Waals surface area contributed by atoms with Crippen molar-refractivity contribution < 1.29 is 0 Å². The predicted octanol–water partition coefficient (Wildman–Crippen LogP) is 6.20. The van der Waals surface area contributed by atoms with Gasteiger partial charge in [-0.1, -0.05) is 67.7 Å². The van der Waals surface area contributed by atoms with E-state index in [1.54, 1.807) is 0 Å². The van der Waals surface area contributed by atoms with E-state index in [-0.39, 0.29) is 6.04 Å². The minimum absolute atomic E-state index is 0.242. The van der Waals surface area contributed by atoms with Gasteiger partial charge in [0.25, 0.3) is 0 Å². The average Bonchev–Trinajstić information content (AvgIpc) is 2.54. The van der Waals surface area contributed by atoms with Crippen molar-refractivity contribution in [2.75, 3.05) is 13.1 Å². The molecular weight excluding hydrogens is 313 g/mol. The lowest BCUT2D eigenvalue weighted by Gasteiger charge is -2.31. The quantitative estimate of drug-likeness (QED) is 0.581. The molecule has 0 unspecified atom stereocenters. The molecule has 0 atom stereocenters. The van der Waals surface area contributed by atoms with Gasteiger partial charge in [-0.05, 0) is 54.9 Å². The third-order valence-corrected chi connectivity index (χ3v) is 4.45. The SMILES string of the molecule is CCCCN(CC)C(c1ccc(Cl)cc1)c1ccc(Cl)cc1. The first kappa shape index (κ1) is 17.3. The highest BCUT2D eigenvalue weighted by molar-refractivity contribution is 6.30. The Kier molecular flexibility index (Phi) is 6.75. The van der Waals surface area contributed by atoms with E-state index in [2.05, 4.69) is 43.0 Å². The lowest BCUT2D eigenvalue weighted by Crippen LogP contribution is -2.30. The Morgan fingerprint density at radius 2 is 1.27 bits per heavy atom. The second-order valence-electron chi connectivity index (χ2n) is 5.49. The normalized spacial score (nSPS) is 11.4. The van der Waals surface area contributed by atoms with Crippen molar-refractivity contribution >= 4 is 23.2 Å². The van der Waals surface area contributed by atoms with E-state index in [9.17, 15) is 0 Å². The summed E-state index contributed by atoms with van der Waals surface area (Å²) in [5.74, 6) is 0. The van der Waals surface area contributed by atoms with Gasteiger partial charge in [-0.15, -0.1) is 0 Å². The molecule has 0 saturated heterocycles. The Bertz CT molecular complexity index is 517. The third kappa shape index (κ3) is 4.49. The van der Waals surface area contributed by atoms with Crippen LogP contribution in [0.15, 0.2) is 48.5 Å². The van der Waals surface area contributed by atoms with Crippen LogP contribution in [0.2, 0.25) is 10.0 Å². The highest BCUT2D eigenvalue weighted by Gasteiger charge is 2.20. The topological polar surface area (TPSA) is 3.24 Å². The highest BCUT2D eigenvalue weighted by atomic mass is 35.5. The van der Waals surface area contributed by atoms with E-state index in [1.165, 1.54) is 24.0 Å². The summed E-state index contributed by atoms with van der Waals surface area (Å²) < 4.78 is 0. The summed E-state index contributed by atoms with van der Waals surface area (Å²) in [4.78, 5) is 2.51. The van der Waals surface area contributed by atoms with Crippen molar-refractivity contribution in [2.45, 2.75) is 32.7 Å². The first-order valence-electron chi connectivity index (χ1n) is 7.90. The molecule has 0 bridgehead atoms. The van der Waals surface area contributed by atoms with Gasteiger partial charge >= 0.3 is 0 Å². The first-order valence-corrected chi connectivity index (χ1v) is 8.66. The summed E-state index contributed by atoms with van der Waals surface area (Å²) >= 11 is 12.1. The average molecular weight is 336 g/mol. The molecule has 0 spiro atoms. The maximum absolute atomic E-state index is 6.05. The van der Waals surface area contributed by atoms with Crippen LogP contribution in [0.5, 0.6) is 0 Å². The summed E-state index contributed by atoms with van der Waals surface area (Å²) in [7, 11) is 0. The molecule has 3 heteroatoms. The van der Waals surface area contributed by atoms with E-state index in [4.69, 9.17) is 23.2 Å². The second-order valence-corrected chi connectivity index (χ2v) is 6.36. The maximum atomic E-state index is 6.05. The fraction of sp³-hybridized carbons (Fsp3) is 0.368. The molecule has 118 valence electrons. The van der Waals surface area contributed by atoms with Crippen molar-refractivity contribution in [3.8, 4) is 0 Å². The van der Waals surface area contributed by atoms with E-state index < -0.39 is 0 Å². The van der Waals surface area contributed by atoms with Gasteiger partial charge in [-0.3, -0.25) is 4.90 Å². The van der Waals surface area contributed by atoms with E-state index in [1.807, 2.05) is 24.3 Å². The molecule has 2 aromatic rings. The first-order chi connectivity index (χ1) is 10.7. The Balaban J connectivity index is 2.38. The van der Waals surface area contributed by atoms with Crippen molar-refractivity contribution in [2.24, 2.45) is 0 Å². The lowest BCUT2D eigenvalue weighted by molar-refractivity contribution is 0.234. The summed E-state index contributed by atoms with van der Waals surface area (Å²) in [6.45, 7) is 6.54. The van der Waals surface area contributed by atoms with Crippen LogP contribution in [0.25, 0.3) is 0 Å².